The van der Waals surface area contributed by atoms with Crippen molar-refractivity contribution in [3.8, 4) is 0 Å². The van der Waals surface area contributed by atoms with Crippen LogP contribution in [0, 0.1) is 6.92 Å². The van der Waals surface area contributed by atoms with Gasteiger partial charge in [-0.25, -0.2) is 0 Å². The minimum atomic E-state index is -0.204. The first-order valence-corrected chi connectivity index (χ1v) is 9.39. The summed E-state index contributed by atoms with van der Waals surface area (Å²) in [6, 6.07) is 12.2. The molecule has 0 aromatic heterocycles. The Balaban J connectivity index is 1.68. The molecule has 0 aliphatic carbocycles. The highest BCUT2D eigenvalue weighted by Crippen LogP contribution is 2.20. The molecule has 0 spiro atoms. The van der Waals surface area contributed by atoms with Gasteiger partial charge in [-0.05, 0) is 67.8 Å². The van der Waals surface area contributed by atoms with Gasteiger partial charge in [0.2, 0.25) is 0 Å². The van der Waals surface area contributed by atoms with Crippen LogP contribution < -0.4 is 5.32 Å². The van der Waals surface area contributed by atoms with E-state index >= 15 is 0 Å². The number of carbonyl (C=O) groups excluding carboxylic acids is 2. The lowest BCUT2D eigenvalue weighted by Crippen LogP contribution is -2.31. The largest absolute Gasteiger partial charge is 0.339 e. The monoisotopic (exact) mass is 370 g/mol. The maximum absolute atomic E-state index is 12.6. The van der Waals surface area contributed by atoms with Crippen LogP contribution in [0.5, 0.6) is 0 Å². The van der Waals surface area contributed by atoms with Gasteiger partial charge in [0.05, 0.1) is 0 Å². The maximum Gasteiger partial charge on any atom is 0.255 e. The molecular weight excluding hydrogens is 348 g/mol. The van der Waals surface area contributed by atoms with Crippen LogP contribution in [0.25, 0.3) is 0 Å². The summed E-state index contributed by atoms with van der Waals surface area (Å²) in [4.78, 5) is 27.0. The normalized spacial score (nSPS) is 14.6. The van der Waals surface area contributed by atoms with Crippen molar-refractivity contribution in [1.82, 2.24) is 4.90 Å². The minimum Gasteiger partial charge on any atom is -0.339 e. The highest BCUT2D eigenvalue weighted by molar-refractivity contribution is 6.30. The van der Waals surface area contributed by atoms with Crippen molar-refractivity contribution in [2.45, 2.75) is 32.6 Å². The second-order valence-corrected chi connectivity index (χ2v) is 7.13. The quantitative estimate of drug-likeness (QED) is 0.833. The van der Waals surface area contributed by atoms with Crippen LogP contribution in [-0.4, -0.2) is 29.8 Å². The number of nitrogens with one attached hydrogen (secondary N) is 1. The number of anilines is 1. The van der Waals surface area contributed by atoms with E-state index in [2.05, 4.69) is 5.32 Å². The van der Waals surface area contributed by atoms with Crippen molar-refractivity contribution in [3.05, 3.63) is 64.2 Å². The Kier molecular flexibility index (Phi) is 5.94. The van der Waals surface area contributed by atoms with Crippen molar-refractivity contribution in [2.24, 2.45) is 0 Å². The fourth-order valence-electron chi connectivity index (χ4n) is 3.18. The lowest BCUT2D eigenvalue weighted by Gasteiger charge is -2.20. The summed E-state index contributed by atoms with van der Waals surface area (Å²) in [6.45, 7) is 3.53. The summed E-state index contributed by atoms with van der Waals surface area (Å²) in [5, 5.41) is 3.52. The number of hydrogen-bond acceptors (Lipinski definition) is 2. The summed E-state index contributed by atoms with van der Waals surface area (Å²) in [5.41, 5.74) is 2.78. The minimum absolute atomic E-state index is 0.0485. The molecule has 0 saturated carbocycles. The van der Waals surface area contributed by atoms with E-state index < -0.39 is 0 Å². The SMILES string of the molecule is Cc1cc(Cl)ccc1NC(=O)c1ccc(C(=O)N2CCCCCC2)cc1. The van der Waals surface area contributed by atoms with Gasteiger partial charge in [-0.1, -0.05) is 24.4 Å². The zero-order chi connectivity index (χ0) is 18.5. The van der Waals surface area contributed by atoms with Crippen molar-refractivity contribution in [2.75, 3.05) is 18.4 Å². The number of aryl methyl sites for hydroxylation is 1. The summed E-state index contributed by atoms with van der Waals surface area (Å²) in [5.74, 6) is -0.156. The Morgan fingerprint density at radius 3 is 2.15 bits per heavy atom. The first-order chi connectivity index (χ1) is 12.5. The summed E-state index contributed by atoms with van der Waals surface area (Å²) < 4.78 is 0. The predicted octanol–water partition coefficient (Wildman–Crippen LogP) is 4.92. The molecule has 1 heterocycles. The van der Waals surface area contributed by atoms with Gasteiger partial charge in [-0.2, -0.15) is 0 Å². The first-order valence-electron chi connectivity index (χ1n) is 9.01. The number of nitrogens with zero attached hydrogens (tertiary/aromatic N) is 1. The highest BCUT2D eigenvalue weighted by Gasteiger charge is 2.17. The number of carbonyl (C=O) groups is 2. The van der Waals surface area contributed by atoms with Crippen LogP contribution in [0.2, 0.25) is 5.02 Å². The fourth-order valence-corrected chi connectivity index (χ4v) is 3.41. The average Bonchev–Trinajstić information content (AvgIpc) is 2.93. The number of halogens is 1. The molecule has 1 fully saturated rings. The van der Waals surface area contributed by atoms with E-state index in [0.29, 0.717) is 16.1 Å². The molecule has 2 amide bonds. The molecule has 26 heavy (non-hydrogen) atoms. The number of hydrogen-bond donors (Lipinski definition) is 1. The van der Waals surface area contributed by atoms with Crippen molar-refractivity contribution in [3.63, 3.8) is 0 Å². The molecule has 0 bridgehead atoms. The van der Waals surface area contributed by atoms with Gasteiger partial charge in [0.25, 0.3) is 11.8 Å². The molecule has 1 aliphatic rings. The molecule has 4 nitrogen and oxygen atoms in total. The molecule has 1 aliphatic heterocycles. The van der Waals surface area contributed by atoms with E-state index in [1.807, 2.05) is 11.8 Å². The number of amides is 2. The zero-order valence-corrected chi connectivity index (χ0v) is 15.7. The third kappa shape index (κ3) is 4.44. The van der Waals surface area contributed by atoms with E-state index in [9.17, 15) is 9.59 Å². The fraction of sp³-hybridized carbons (Fsp3) is 0.333. The molecule has 5 heteroatoms. The lowest BCUT2D eigenvalue weighted by atomic mass is 10.1. The molecule has 136 valence electrons. The van der Waals surface area contributed by atoms with Crippen LogP contribution in [-0.2, 0) is 0 Å². The van der Waals surface area contributed by atoms with Gasteiger partial charge in [-0.15, -0.1) is 0 Å². The predicted molar refractivity (Wildman–Crippen MR) is 105 cm³/mol. The molecule has 0 radical (unpaired) electrons. The summed E-state index contributed by atoms with van der Waals surface area (Å²) >= 11 is 5.94. The Labute approximate surface area is 159 Å². The summed E-state index contributed by atoms with van der Waals surface area (Å²) in [7, 11) is 0. The Bertz CT molecular complexity index is 794. The van der Waals surface area contributed by atoms with Gasteiger partial charge in [0.1, 0.15) is 0 Å². The van der Waals surface area contributed by atoms with Crippen molar-refractivity contribution >= 4 is 29.1 Å². The number of benzene rings is 2. The van der Waals surface area contributed by atoms with E-state index in [-0.39, 0.29) is 11.8 Å². The molecule has 1 N–H and O–H groups in total. The van der Waals surface area contributed by atoms with Crippen molar-refractivity contribution in [1.29, 1.82) is 0 Å². The Morgan fingerprint density at radius 1 is 0.923 bits per heavy atom. The van der Waals surface area contributed by atoms with Crippen LogP contribution in [0.4, 0.5) is 5.69 Å². The third-order valence-electron chi connectivity index (χ3n) is 4.72. The smallest absolute Gasteiger partial charge is 0.255 e. The second-order valence-electron chi connectivity index (χ2n) is 6.70. The second kappa shape index (κ2) is 8.37. The highest BCUT2D eigenvalue weighted by atomic mass is 35.5. The molecule has 0 atom stereocenters. The van der Waals surface area contributed by atoms with Gasteiger partial charge >= 0.3 is 0 Å². The molecule has 1 saturated heterocycles. The number of rotatable bonds is 3. The standard InChI is InChI=1S/C21H23ClN2O2/c1-15-14-18(22)10-11-19(15)23-20(25)16-6-8-17(9-7-16)21(26)24-12-4-2-3-5-13-24/h6-11,14H,2-5,12-13H2,1H3,(H,23,25). The van der Waals surface area contributed by atoms with E-state index in [1.165, 1.54) is 12.8 Å². The molecular formula is C21H23ClN2O2. The van der Waals surface area contributed by atoms with Crippen molar-refractivity contribution < 1.29 is 9.59 Å². The summed E-state index contributed by atoms with van der Waals surface area (Å²) in [6.07, 6.45) is 4.50. The average molecular weight is 371 g/mol. The van der Waals surface area contributed by atoms with E-state index in [0.717, 1.165) is 37.2 Å². The van der Waals surface area contributed by atoms with Gasteiger partial charge in [-0.3, -0.25) is 9.59 Å². The topological polar surface area (TPSA) is 49.4 Å². The van der Waals surface area contributed by atoms with Crippen LogP contribution in [0.3, 0.4) is 0 Å². The van der Waals surface area contributed by atoms with Crippen LogP contribution >= 0.6 is 11.6 Å². The van der Waals surface area contributed by atoms with E-state index in [1.54, 1.807) is 42.5 Å². The zero-order valence-electron chi connectivity index (χ0n) is 14.9. The van der Waals surface area contributed by atoms with Gasteiger partial charge in [0.15, 0.2) is 0 Å². The molecule has 2 aromatic carbocycles. The van der Waals surface area contributed by atoms with Gasteiger partial charge < -0.3 is 10.2 Å². The first kappa shape index (κ1) is 18.5. The van der Waals surface area contributed by atoms with Crippen LogP contribution in [0.1, 0.15) is 52.0 Å². The van der Waals surface area contributed by atoms with Crippen LogP contribution in [0.15, 0.2) is 42.5 Å². The molecule has 3 rings (SSSR count). The molecule has 0 unspecified atom stereocenters. The van der Waals surface area contributed by atoms with Gasteiger partial charge in [0, 0.05) is 34.9 Å². The Hall–Kier alpha value is -2.33. The lowest BCUT2D eigenvalue weighted by molar-refractivity contribution is 0.0761. The molecule has 2 aromatic rings. The number of likely N-dealkylation sites (tertiary alicyclic amines) is 1. The Morgan fingerprint density at radius 2 is 1.54 bits per heavy atom. The maximum atomic E-state index is 12.6. The van der Waals surface area contributed by atoms with E-state index in [4.69, 9.17) is 11.6 Å². The third-order valence-corrected chi connectivity index (χ3v) is 4.96.